The summed E-state index contributed by atoms with van der Waals surface area (Å²) in [6.45, 7) is 0.546. The van der Waals surface area contributed by atoms with Crippen molar-refractivity contribution in [3.8, 4) is 16.2 Å². The second-order valence-electron chi connectivity index (χ2n) is 3.29. The van der Waals surface area contributed by atoms with Gasteiger partial charge < -0.3 is 9.47 Å². The van der Waals surface area contributed by atoms with Crippen LogP contribution in [-0.2, 0) is 11.3 Å². The van der Waals surface area contributed by atoms with Gasteiger partial charge in [0.25, 0.3) is 0 Å². The third-order valence-electron chi connectivity index (χ3n) is 2.27. The molecule has 0 bridgehead atoms. The number of benzene rings is 1. The second-order valence-corrected chi connectivity index (χ2v) is 4.14. The van der Waals surface area contributed by atoms with Crippen LogP contribution in [0.2, 0.25) is 0 Å². The van der Waals surface area contributed by atoms with Crippen LogP contribution in [0.5, 0.6) is 5.75 Å². The van der Waals surface area contributed by atoms with Crippen LogP contribution in [0.25, 0.3) is 10.4 Å². The van der Waals surface area contributed by atoms with Crippen molar-refractivity contribution in [2.45, 2.75) is 6.61 Å². The van der Waals surface area contributed by atoms with Gasteiger partial charge in [0.15, 0.2) is 0 Å². The van der Waals surface area contributed by atoms with Crippen molar-refractivity contribution >= 4 is 11.3 Å². The standard InChI is InChI=1S/C12H13NO2S/c1-14-7-11-12(16-8-13-11)9-3-5-10(15-2)6-4-9/h3-6,8H,7H2,1-2H3. The van der Waals surface area contributed by atoms with Crippen molar-refractivity contribution in [3.05, 3.63) is 35.5 Å². The van der Waals surface area contributed by atoms with Gasteiger partial charge in [-0.05, 0) is 29.8 Å². The summed E-state index contributed by atoms with van der Waals surface area (Å²) < 4.78 is 10.2. The van der Waals surface area contributed by atoms with Crippen molar-refractivity contribution in [1.29, 1.82) is 0 Å². The largest absolute Gasteiger partial charge is 0.497 e. The third-order valence-corrected chi connectivity index (χ3v) is 3.19. The van der Waals surface area contributed by atoms with Crippen LogP contribution < -0.4 is 4.74 Å². The molecule has 1 heterocycles. The first-order valence-corrected chi connectivity index (χ1v) is 5.79. The van der Waals surface area contributed by atoms with Gasteiger partial charge in [-0.25, -0.2) is 4.98 Å². The highest BCUT2D eigenvalue weighted by Gasteiger charge is 2.08. The van der Waals surface area contributed by atoms with Crippen LogP contribution >= 0.6 is 11.3 Å². The number of rotatable bonds is 4. The van der Waals surface area contributed by atoms with Gasteiger partial charge in [0.2, 0.25) is 0 Å². The molecule has 0 unspecified atom stereocenters. The highest BCUT2D eigenvalue weighted by Crippen LogP contribution is 2.29. The summed E-state index contributed by atoms with van der Waals surface area (Å²) >= 11 is 1.62. The van der Waals surface area contributed by atoms with Gasteiger partial charge in [0.05, 0.1) is 29.8 Å². The van der Waals surface area contributed by atoms with E-state index in [-0.39, 0.29) is 0 Å². The van der Waals surface area contributed by atoms with E-state index in [1.807, 2.05) is 29.8 Å². The Bertz CT molecular complexity index is 450. The molecule has 3 nitrogen and oxygen atoms in total. The maximum atomic E-state index is 5.13. The predicted octanol–water partition coefficient (Wildman–Crippen LogP) is 2.97. The van der Waals surface area contributed by atoms with E-state index in [0.29, 0.717) is 6.61 Å². The molecule has 0 atom stereocenters. The lowest BCUT2D eigenvalue weighted by Crippen LogP contribution is -1.90. The Morgan fingerprint density at radius 1 is 1.19 bits per heavy atom. The third kappa shape index (κ3) is 2.23. The van der Waals surface area contributed by atoms with E-state index in [2.05, 4.69) is 4.98 Å². The molecule has 0 saturated carbocycles. The lowest BCUT2D eigenvalue weighted by Gasteiger charge is -2.03. The zero-order valence-electron chi connectivity index (χ0n) is 9.27. The highest BCUT2D eigenvalue weighted by atomic mass is 32.1. The maximum Gasteiger partial charge on any atom is 0.118 e. The summed E-state index contributed by atoms with van der Waals surface area (Å²) in [6.07, 6.45) is 0. The SMILES string of the molecule is COCc1ncsc1-c1ccc(OC)cc1. The lowest BCUT2D eigenvalue weighted by atomic mass is 10.1. The second kappa shape index (κ2) is 5.09. The number of nitrogens with zero attached hydrogens (tertiary/aromatic N) is 1. The molecule has 2 aromatic rings. The lowest BCUT2D eigenvalue weighted by molar-refractivity contribution is 0.182. The highest BCUT2D eigenvalue weighted by molar-refractivity contribution is 7.13. The Hall–Kier alpha value is -1.39. The van der Waals surface area contributed by atoms with Crippen molar-refractivity contribution in [2.75, 3.05) is 14.2 Å². The molecule has 0 amide bonds. The normalized spacial score (nSPS) is 10.4. The number of ether oxygens (including phenoxy) is 2. The van der Waals surface area contributed by atoms with Crippen LogP contribution in [0.1, 0.15) is 5.69 Å². The van der Waals surface area contributed by atoms with Crippen molar-refractivity contribution in [3.63, 3.8) is 0 Å². The molecule has 0 aliphatic heterocycles. The zero-order valence-corrected chi connectivity index (χ0v) is 10.1. The van der Waals surface area contributed by atoms with Crippen LogP contribution in [0.4, 0.5) is 0 Å². The number of hydrogen-bond acceptors (Lipinski definition) is 4. The van der Waals surface area contributed by atoms with E-state index in [0.717, 1.165) is 21.9 Å². The van der Waals surface area contributed by atoms with Gasteiger partial charge >= 0.3 is 0 Å². The average Bonchev–Trinajstić information content (AvgIpc) is 2.78. The van der Waals surface area contributed by atoms with Gasteiger partial charge in [-0.15, -0.1) is 11.3 Å². The van der Waals surface area contributed by atoms with Crippen LogP contribution in [-0.4, -0.2) is 19.2 Å². The Kier molecular flexibility index (Phi) is 3.54. The summed E-state index contributed by atoms with van der Waals surface area (Å²) in [4.78, 5) is 5.44. The number of hydrogen-bond donors (Lipinski definition) is 0. The van der Waals surface area contributed by atoms with Crippen LogP contribution in [0, 0.1) is 0 Å². The Morgan fingerprint density at radius 2 is 1.94 bits per heavy atom. The number of methoxy groups -OCH3 is 2. The molecule has 16 heavy (non-hydrogen) atoms. The van der Waals surface area contributed by atoms with Gasteiger partial charge in [-0.2, -0.15) is 0 Å². The van der Waals surface area contributed by atoms with E-state index in [1.165, 1.54) is 0 Å². The number of aromatic nitrogens is 1. The minimum atomic E-state index is 0.546. The molecule has 1 aromatic carbocycles. The number of thiazole rings is 1. The van der Waals surface area contributed by atoms with E-state index >= 15 is 0 Å². The first kappa shape index (κ1) is 11.1. The Balaban J connectivity index is 2.31. The molecule has 0 aliphatic rings. The molecule has 2 rings (SSSR count). The fourth-order valence-corrected chi connectivity index (χ4v) is 2.29. The van der Waals surface area contributed by atoms with Crippen molar-refractivity contribution in [2.24, 2.45) is 0 Å². The van der Waals surface area contributed by atoms with Gasteiger partial charge in [-0.1, -0.05) is 0 Å². The Labute approximate surface area is 98.7 Å². The van der Waals surface area contributed by atoms with Gasteiger partial charge in [0, 0.05) is 7.11 Å². The summed E-state index contributed by atoms with van der Waals surface area (Å²) in [5.74, 6) is 0.863. The Morgan fingerprint density at radius 3 is 2.56 bits per heavy atom. The smallest absolute Gasteiger partial charge is 0.118 e. The summed E-state index contributed by atoms with van der Waals surface area (Å²) in [5.41, 5.74) is 3.97. The minimum Gasteiger partial charge on any atom is -0.497 e. The quantitative estimate of drug-likeness (QED) is 0.816. The van der Waals surface area contributed by atoms with Crippen molar-refractivity contribution in [1.82, 2.24) is 4.98 Å². The molecule has 0 N–H and O–H groups in total. The molecule has 4 heteroatoms. The van der Waals surface area contributed by atoms with Crippen molar-refractivity contribution < 1.29 is 9.47 Å². The fraction of sp³-hybridized carbons (Fsp3) is 0.250. The molecule has 0 radical (unpaired) electrons. The van der Waals surface area contributed by atoms with E-state index < -0.39 is 0 Å². The fourth-order valence-electron chi connectivity index (χ4n) is 1.49. The van der Waals surface area contributed by atoms with Gasteiger partial charge in [-0.3, -0.25) is 0 Å². The molecule has 0 aliphatic carbocycles. The van der Waals surface area contributed by atoms with Crippen LogP contribution in [0.3, 0.4) is 0 Å². The molecule has 0 saturated heterocycles. The molecular weight excluding hydrogens is 222 g/mol. The topological polar surface area (TPSA) is 31.4 Å². The maximum absolute atomic E-state index is 5.13. The minimum absolute atomic E-state index is 0.546. The van der Waals surface area contributed by atoms with E-state index in [9.17, 15) is 0 Å². The zero-order chi connectivity index (χ0) is 11.4. The average molecular weight is 235 g/mol. The molecule has 84 valence electrons. The summed E-state index contributed by atoms with van der Waals surface area (Å²) in [5, 5.41) is 0. The summed E-state index contributed by atoms with van der Waals surface area (Å²) in [6, 6.07) is 7.97. The predicted molar refractivity (Wildman–Crippen MR) is 64.8 cm³/mol. The van der Waals surface area contributed by atoms with E-state index in [4.69, 9.17) is 9.47 Å². The van der Waals surface area contributed by atoms with E-state index in [1.54, 1.807) is 25.6 Å². The summed E-state index contributed by atoms with van der Waals surface area (Å²) in [7, 11) is 3.34. The molecule has 1 aromatic heterocycles. The molecule has 0 fully saturated rings. The van der Waals surface area contributed by atoms with Gasteiger partial charge in [0.1, 0.15) is 5.75 Å². The first-order chi connectivity index (χ1) is 7.85. The monoisotopic (exact) mass is 235 g/mol. The molecule has 0 spiro atoms. The van der Waals surface area contributed by atoms with Crippen LogP contribution in [0.15, 0.2) is 29.8 Å². The first-order valence-electron chi connectivity index (χ1n) is 4.91. The molecular formula is C12H13NO2S.